The van der Waals surface area contributed by atoms with Crippen molar-refractivity contribution in [1.82, 2.24) is 9.97 Å². The summed E-state index contributed by atoms with van der Waals surface area (Å²) in [5, 5.41) is 0.253. The zero-order chi connectivity index (χ0) is 9.26. The molecule has 0 aliphatic carbocycles. The zero-order valence-corrected chi connectivity index (χ0v) is 9.86. The first-order valence-electron chi connectivity index (χ1n) is 4.12. The number of anilines is 1. The molecule has 1 saturated heterocycles. The van der Waals surface area contributed by atoms with E-state index in [1.54, 1.807) is 0 Å². The van der Waals surface area contributed by atoms with Gasteiger partial charge in [-0.05, 0) is 29.0 Å². The number of alkyl halides is 1. The molecule has 1 atom stereocenters. The van der Waals surface area contributed by atoms with Crippen LogP contribution in [0.15, 0.2) is 12.4 Å². The number of hydrogen-bond donors (Lipinski definition) is 0. The van der Waals surface area contributed by atoms with Gasteiger partial charge in [-0.1, -0.05) is 0 Å². The summed E-state index contributed by atoms with van der Waals surface area (Å²) >= 11 is 8.18. The molecule has 1 aliphatic heterocycles. The third-order valence-corrected chi connectivity index (χ3v) is 2.93. The van der Waals surface area contributed by atoms with Gasteiger partial charge in [0.2, 0.25) is 5.95 Å². The van der Waals surface area contributed by atoms with E-state index in [0.717, 1.165) is 29.0 Å². The molecule has 0 amide bonds. The number of hydrogen-bond acceptors (Lipinski definition) is 3. The van der Waals surface area contributed by atoms with Crippen LogP contribution in [0.3, 0.4) is 0 Å². The van der Waals surface area contributed by atoms with Gasteiger partial charge in [0.05, 0.1) is 5.38 Å². The summed E-state index contributed by atoms with van der Waals surface area (Å²) in [5.74, 6) is 0.795. The average Bonchev–Trinajstić information content (AvgIpc) is 2.53. The van der Waals surface area contributed by atoms with Crippen molar-refractivity contribution < 1.29 is 0 Å². The fourth-order valence-electron chi connectivity index (χ4n) is 1.37. The van der Waals surface area contributed by atoms with Crippen molar-refractivity contribution in [3.8, 4) is 0 Å². The Morgan fingerprint density at radius 3 is 2.69 bits per heavy atom. The Bertz CT molecular complexity index is 290. The Morgan fingerprint density at radius 1 is 1.46 bits per heavy atom. The van der Waals surface area contributed by atoms with Crippen molar-refractivity contribution in [2.24, 2.45) is 0 Å². The van der Waals surface area contributed by atoms with E-state index in [1.807, 2.05) is 12.4 Å². The maximum atomic E-state index is 5.99. The minimum atomic E-state index is 0.253. The van der Waals surface area contributed by atoms with Crippen LogP contribution < -0.4 is 4.90 Å². The fraction of sp³-hybridized carbons (Fsp3) is 0.500. The van der Waals surface area contributed by atoms with Crippen molar-refractivity contribution >= 4 is 40.1 Å². The molecule has 2 heterocycles. The zero-order valence-electron chi connectivity index (χ0n) is 6.95. The number of rotatable bonds is 1. The van der Waals surface area contributed by atoms with Gasteiger partial charge >= 0.3 is 0 Å². The second kappa shape index (κ2) is 3.96. The first kappa shape index (κ1) is 9.45. The van der Waals surface area contributed by atoms with Gasteiger partial charge in [-0.2, -0.15) is 0 Å². The van der Waals surface area contributed by atoms with E-state index in [9.17, 15) is 0 Å². The van der Waals surface area contributed by atoms with Crippen LogP contribution in [0.4, 0.5) is 5.95 Å². The molecule has 1 aliphatic rings. The lowest BCUT2D eigenvalue weighted by Gasteiger charge is -2.14. The molecular formula is C8H9ClIN3. The standard InChI is InChI=1S/C8H9ClIN3/c9-6-1-2-13(5-6)8-11-3-7(10)4-12-8/h3-4,6H,1-2,5H2. The van der Waals surface area contributed by atoms with E-state index < -0.39 is 0 Å². The van der Waals surface area contributed by atoms with Crippen LogP contribution in [-0.2, 0) is 0 Å². The minimum absolute atomic E-state index is 0.253. The second-order valence-electron chi connectivity index (χ2n) is 3.03. The van der Waals surface area contributed by atoms with Crippen molar-refractivity contribution in [3.05, 3.63) is 16.0 Å². The molecule has 0 spiro atoms. The van der Waals surface area contributed by atoms with Crippen LogP contribution in [0.2, 0.25) is 0 Å². The van der Waals surface area contributed by atoms with E-state index in [4.69, 9.17) is 11.6 Å². The molecule has 3 nitrogen and oxygen atoms in total. The minimum Gasteiger partial charge on any atom is -0.339 e. The molecule has 2 rings (SSSR count). The lowest BCUT2D eigenvalue weighted by molar-refractivity contribution is 0.896. The summed E-state index contributed by atoms with van der Waals surface area (Å²) < 4.78 is 1.06. The van der Waals surface area contributed by atoms with Crippen LogP contribution in [-0.4, -0.2) is 28.4 Å². The molecule has 1 unspecified atom stereocenters. The van der Waals surface area contributed by atoms with Crippen molar-refractivity contribution in [2.45, 2.75) is 11.8 Å². The molecule has 0 radical (unpaired) electrons. The molecular weight excluding hydrogens is 300 g/mol. The Labute approximate surface area is 95.6 Å². The SMILES string of the molecule is ClC1CCN(c2ncc(I)cn2)C1. The molecule has 0 N–H and O–H groups in total. The average molecular weight is 310 g/mol. The Balaban J connectivity index is 2.13. The summed E-state index contributed by atoms with van der Waals surface area (Å²) in [6, 6.07) is 0. The molecule has 0 bridgehead atoms. The van der Waals surface area contributed by atoms with E-state index >= 15 is 0 Å². The van der Waals surface area contributed by atoms with Crippen molar-refractivity contribution in [2.75, 3.05) is 18.0 Å². The fourth-order valence-corrected chi connectivity index (χ4v) is 1.91. The summed E-state index contributed by atoms with van der Waals surface area (Å²) in [6.07, 6.45) is 4.67. The van der Waals surface area contributed by atoms with Gasteiger partial charge in [-0.25, -0.2) is 9.97 Å². The van der Waals surface area contributed by atoms with Crippen LogP contribution in [0, 0.1) is 3.57 Å². The largest absolute Gasteiger partial charge is 0.339 e. The third-order valence-electron chi connectivity index (χ3n) is 2.02. The smallest absolute Gasteiger partial charge is 0.225 e. The van der Waals surface area contributed by atoms with E-state index in [2.05, 4.69) is 37.5 Å². The molecule has 5 heteroatoms. The third kappa shape index (κ3) is 2.22. The van der Waals surface area contributed by atoms with Crippen LogP contribution >= 0.6 is 34.2 Å². The number of halogens is 2. The molecule has 70 valence electrons. The first-order valence-corrected chi connectivity index (χ1v) is 5.64. The van der Waals surface area contributed by atoms with E-state index in [1.165, 1.54) is 0 Å². The van der Waals surface area contributed by atoms with Gasteiger partial charge in [0.25, 0.3) is 0 Å². The van der Waals surface area contributed by atoms with Gasteiger partial charge in [-0.15, -0.1) is 11.6 Å². The maximum absolute atomic E-state index is 5.99. The molecule has 13 heavy (non-hydrogen) atoms. The normalized spacial score (nSPS) is 22.3. The molecule has 1 fully saturated rings. The van der Waals surface area contributed by atoms with Crippen molar-refractivity contribution in [1.29, 1.82) is 0 Å². The summed E-state index contributed by atoms with van der Waals surface area (Å²) in [7, 11) is 0. The first-order chi connectivity index (χ1) is 6.25. The predicted molar refractivity (Wildman–Crippen MR) is 61.2 cm³/mol. The molecule has 0 saturated carbocycles. The predicted octanol–water partition coefficient (Wildman–Crippen LogP) is 1.90. The quantitative estimate of drug-likeness (QED) is 0.586. The van der Waals surface area contributed by atoms with Gasteiger partial charge < -0.3 is 4.90 Å². The summed E-state index contributed by atoms with van der Waals surface area (Å²) in [6.45, 7) is 1.83. The summed E-state index contributed by atoms with van der Waals surface area (Å²) in [4.78, 5) is 10.6. The monoisotopic (exact) mass is 309 g/mol. The Morgan fingerprint density at radius 2 is 2.15 bits per heavy atom. The molecule has 1 aromatic rings. The summed E-state index contributed by atoms with van der Waals surface area (Å²) in [5.41, 5.74) is 0. The number of aromatic nitrogens is 2. The molecule has 1 aromatic heterocycles. The topological polar surface area (TPSA) is 29.0 Å². The number of nitrogens with zero attached hydrogens (tertiary/aromatic N) is 3. The van der Waals surface area contributed by atoms with Gasteiger partial charge in [0.1, 0.15) is 0 Å². The lowest BCUT2D eigenvalue weighted by Crippen LogP contribution is -2.21. The Kier molecular flexibility index (Phi) is 2.88. The second-order valence-corrected chi connectivity index (χ2v) is 4.90. The lowest BCUT2D eigenvalue weighted by atomic mass is 10.4. The van der Waals surface area contributed by atoms with Gasteiger partial charge in [0.15, 0.2) is 0 Å². The Hall–Kier alpha value is -0.100. The van der Waals surface area contributed by atoms with Gasteiger partial charge in [-0.3, -0.25) is 0 Å². The van der Waals surface area contributed by atoms with E-state index in [-0.39, 0.29) is 5.38 Å². The highest BCUT2D eigenvalue weighted by atomic mass is 127. The van der Waals surface area contributed by atoms with Crippen LogP contribution in [0.25, 0.3) is 0 Å². The van der Waals surface area contributed by atoms with Crippen molar-refractivity contribution in [3.63, 3.8) is 0 Å². The van der Waals surface area contributed by atoms with Crippen LogP contribution in [0.1, 0.15) is 6.42 Å². The maximum Gasteiger partial charge on any atom is 0.225 e. The highest BCUT2D eigenvalue weighted by Gasteiger charge is 2.21. The van der Waals surface area contributed by atoms with Crippen LogP contribution in [0.5, 0.6) is 0 Å². The highest BCUT2D eigenvalue weighted by Crippen LogP contribution is 2.19. The van der Waals surface area contributed by atoms with Gasteiger partial charge in [0, 0.05) is 29.1 Å². The van der Waals surface area contributed by atoms with E-state index in [0.29, 0.717) is 0 Å². The molecule has 0 aromatic carbocycles. The highest BCUT2D eigenvalue weighted by molar-refractivity contribution is 14.1.